The fraction of sp³-hybridized carbons (Fsp3) is 0.130. The molecule has 2 N–H and O–H groups in total. The number of benzene rings is 3. The van der Waals surface area contributed by atoms with Crippen LogP contribution >= 0.6 is 0 Å². The number of para-hydroxylation sites is 1. The molecule has 0 aliphatic carbocycles. The van der Waals surface area contributed by atoms with Gasteiger partial charge in [-0.3, -0.25) is 9.59 Å². The summed E-state index contributed by atoms with van der Waals surface area (Å²) in [6, 6.07) is 21.4. The van der Waals surface area contributed by atoms with Gasteiger partial charge in [0.05, 0.1) is 17.9 Å². The summed E-state index contributed by atoms with van der Waals surface area (Å²) in [7, 11) is 0. The Bertz CT molecular complexity index is 981. The van der Waals surface area contributed by atoms with Crippen molar-refractivity contribution in [1.29, 1.82) is 0 Å². The zero-order valence-corrected chi connectivity index (χ0v) is 15.9. The maximum atomic E-state index is 12.7. The summed E-state index contributed by atoms with van der Waals surface area (Å²) in [4.78, 5) is 25.3. The lowest BCUT2D eigenvalue weighted by atomic mass is 10.1. The molecule has 142 valence electrons. The maximum Gasteiger partial charge on any atom is 0.257 e. The van der Waals surface area contributed by atoms with Gasteiger partial charge in [-0.2, -0.15) is 0 Å². The van der Waals surface area contributed by atoms with Gasteiger partial charge in [0.15, 0.2) is 0 Å². The van der Waals surface area contributed by atoms with Crippen LogP contribution in [0.1, 0.15) is 33.2 Å². The van der Waals surface area contributed by atoms with E-state index < -0.39 is 0 Å². The van der Waals surface area contributed by atoms with Crippen LogP contribution in [0.25, 0.3) is 0 Å². The minimum atomic E-state index is -0.301. The molecule has 28 heavy (non-hydrogen) atoms. The number of amides is 2. The molecule has 0 bridgehead atoms. The third-order valence-electron chi connectivity index (χ3n) is 4.23. The number of carbonyl (C=O) groups excluding carboxylic acids is 2. The van der Waals surface area contributed by atoms with E-state index in [1.54, 1.807) is 54.6 Å². The van der Waals surface area contributed by atoms with Crippen LogP contribution in [0.5, 0.6) is 5.75 Å². The number of ether oxygens (including phenoxy) is 1. The summed E-state index contributed by atoms with van der Waals surface area (Å²) in [6.07, 6.45) is 0. The van der Waals surface area contributed by atoms with Crippen LogP contribution in [0.2, 0.25) is 0 Å². The first-order chi connectivity index (χ1) is 13.6. The molecule has 5 heteroatoms. The summed E-state index contributed by atoms with van der Waals surface area (Å²) in [5, 5.41) is 5.69. The Labute approximate surface area is 164 Å². The molecule has 0 radical (unpaired) electrons. The molecule has 0 aliphatic rings. The monoisotopic (exact) mass is 374 g/mol. The number of nitrogens with one attached hydrogen (secondary N) is 2. The summed E-state index contributed by atoms with van der Waals surface area (Å²) >= 11 is 0. The van der Waals surface area contributed by atoms with Gasteiger partial charge in [-0.25, -0.2) is 0 Å². The number of hydrogen-bond donors (Lipinski definition) is 2. The first-order valence-corrected chi connectivity index (χ1v) is 9.08. The highest BCUT2D eigenvalue weighted by Gasteiger charge is 2.15. The molecule has 0 unspecified atom stereocenters. The predicted octanol–water partition coefficient (Wildman–Crippen LogP) is 4.90. The van der Waals surface area contributed by atoms with Crippen LogP contribution in [-0.2, 0) is 0 Å². The van der Waals surface area contributed by atoms with Crippen molar-refractivity contribution in [3.63, 3.8) is 0 Å². The third-order valence-corrected chi connectivity index (χ3v) is 4.23. The number of carbonyl (C=O) groups is 2. The van der Waals surface area contributed by atoms with Gasteiger partial charge < -0.3 is 15.4 Å². The number of anilines is 2. The Balaban J connectivity index is 1.76. The topological polar surface area (TPSA) is 67.4 Å². The lowest BCUT2D eigenvalue weighted by Gasteiger charge is -2.13. The SMILES string of the molecule is CCOc1ccc(NC(=O)c2ccccc2NC(=O)c2ccccc2C)cc1. The summed E-state index contributed by atoms with van der Waals surface area (Å²) in [5.74, 6) is 0.190. The average Bonchev–Trinajstić information content (AvgIpc) is 2.70. The fourth-order valence-electron chi connectivity index (χ4n) is 2.81. The van der Waals surface area contributed by atoms with E-state index in [2.05, 4.69) is 10.6 Å². The number of rotatable bonds is 6. The van der Waals surface area contributed by atoms with Crippen LogP contribution in [0, 0.1) is 6.92 Å². The van der Waals surface area contributed by atoms with Crippen molar-refractivity contribution in [2.24, 2.45) is 0 Å². The molecule has 3 rings (SSSR count). The molecule has 0 spiro atoms. The van der Waals surface area contributed by atoms with Gasteiger partial charge in [-0.15, -0.1) is 0 Å². The van der Waals surface area contributed by atoms with Crippen LogP contribution in [-0.4, -0.2) is 18.4 Å². The largest absolute Gasteiger partial charge is 0.494 e. The molecule has 3 aromatic carbocycles. The van der Waals surface area contributed by atoms with Crippen molar-refractivity contribution in [2.45, 2.75) is 13.8 Å². The van der Waals surface area contributed by atoms with E-state index in [1.807, 2.05) is 32.0 Å². The quantitative estimate of drug-likeness (QED) is 0.645. The minimum Gasteiger partial charge on any atom is -0.494 e. The van der Waals surface area contributed by atoms with Crippen molar-refractivity contribution < 1.29 is 14.3 Å². The predicted molar refractivity (Wildman–Crippen MR) is 111 cm³/mol. The zero-order valence-electron chi connectivity index (χ0n) is 15.9. The molecule has 0 atom stereocenters. The molecular formula is C23H22N2O3. The number of hydrogen-bond acceptors (Lipinski definition) is 3. The standard InChI is InChI=1S/C23H22N2O3/c1-3-28-18-14-12-17(13-15-18)24-23(27)20-10-6-7-11-21(20)25-22(26)19-9-5-4-8-16(19)2/h4-15H,3H2,1-2H3,(H,24,27)(H,25,26). The number of aryl methyl sites for hydroxylation is 1. The molecule has 5 nitrogen and oxygen atoms in total. The minimum absolute atomic E-state index is 0.251. The molecule has 2 amide bonds. The highest BCUT2D eigenvalue weighted by Crippen LogP contribution is 2.21. The van der Waals surface area contributed by atoms with E-state index in [9.17, 15) is 9.59 Å². The Hall–Kier alpha value is -3.60. The van der Waals surface area contributed by atoms with Gasteiger partial charge in [0, 0.05) is 11.3 Å². The maximum absolute atomic E-state index is 12.7. The third kappa shape index (κ3) is 4.57. The van der Waals surface area contributed by atoms with Gasteiger partial charge in [0.25, 0.3) is 11.8 Å². The van der Waals surface area contributed by atoms with Gasteiger partial charge in [-0.05, 0) is 61.9 Å². The second kappa shape index (κ2) is 8.86. The van der Waals surface area contributed by atoms with Crippen molar-refractivity contribution >= 4 is 23.2 Å². The summed E-state index contributed by atoms with van der Waals surface area (Å²) in [6.45, 7) is 4.37. The van der Waals surface area contributed by atoms with Crippen LogP contribution in [0.3, 0.4) is 0 Å². The first kappa shape index (κ1) is 19.2. The molecule has 0 saturated carbocycles. The van der Waals surface area contributed by atoms with Gasteiger partial charge in [0.2, 0.25) is 0 Å². The highest BCUT2D eigenvalue weighted by molar-refractivity contribution is 6.12. The summed E-state index contributed by atoms with van der Waals surface area (Å²) in [5.41, 5.74) is 2.94. The lowest BCUT2D eigenvalue weighted by Crippen LogP contribution is -2.18. The molecule has 0 heterocycles. The van der Waals surface area contributed by atoms with Crippen LogP contribution < -0.4 is 15.4 Å². The average molecular weight is 374 g/mol. The Morgan fingerprint density at radius 3 is 2.07 bits per heavy atom. The van der Waals surface area contributed by atoms with Crippen LogP contribution in [0.4, 0.5) is 11.4 Å². The summed E-state index contributed by atoms with van der Waals surface area (Å²) < 4.78 is 5.40. The van der Waals surface area contributed by atoms with E-state index in [1.165, 1.54) is 0 Å². The molecule has 0 saturated heterocycles. The van der Waals surface area contributed by atoms with E-state index in [0.717, 1.165) is 11.3 Å². The zero-order chi connectivity index (χ0) is 19.9. The molecule has 0 fully saturated rings. The Morgan fingerprint density at radius 1 is 0.786 bits per heavy atom. The van der Waals surface area contributed by atoms with E-state index in [-0.39, 0.29) is 11.8 Å². The molecule has 3 aromatic rings. The smallest absolute Gasteiger partial charge is 0.257 e. The Morgan fingerprint density at radius 2 is 1.39 bits per heavy atom. The second-order valence-electron chi connectivity index (χ2n) is 6.23. The van der Waals surface area contributed by atoms with Gasteiger partial charge >= 0.3 is 0 Å². The molecular weight excluding hydrogens is 352 g/mol. The van der Waals surface area contributed by atoms with E-state index in [0.29, 0.717) is 29.1 Å². The second-order valence-corrected chi connectivity index (χ2v) is 6.23. The fourth-order valence-corrected chi connectivity index (χ4v) is 2.81. The van der Waals surface area contributed by atoms with Crippen LogP contribution in [0.15, 0.2) is 72.8 Å². The van der Waals surface area contributed by atoms with Crippen molar-refractivity contribution in [2.75, 3.05) is 17.2 Å². The van der Waals surface area contributed by atoms with E-state index >= 15 is 0 Å². The first-order valence-electron chi connectivity index (χ1n) is 9.08. The van der Waals surface area contributed by atoms with Crippen molar-refractivity contribution in [1.82, 2.24) is 0 Å². The van der Waals surface area contributed by atoms with Gasteiger partial charge in [-0.1, -0.05) is 30.3 Å². The van der Waals surface area contributed by atoms with Gasteiger partial charge in [0.1, 0.15) is 5.75 Å². The highest BCUT2D eigenvalue weighted by atomic mass is 16.5. The van der Waals surface area contributed by atoms with E-state index in [4.69, 9.17) is 4.74 Å². The normalized spacial score (nSPS) is 10.2. The Kier molecular flexibility index (Phi) is 6.07. The lowest BCUT2D eigenvalue weighted by molar-refractivity contribution is 0.102. The van der Waals surface area contributed by atoms with Crippen molar-refractivity contribution in [3.05, 3.63) is 89.5 Å². The molecule has 0 aromatic heterocycles. The van der Waals surface area contributed by atoms with Crippen molar-refractivity contribution in [3.8, 4) is 5.75 Å². The molecule has 0 aliphatic heterocycles.